The van der Waals surface area contributed by atoms with Gasteiger partial charge in [0.2, 0.25) is 0 Å². The summed E-state index contributed by atoms with van der Waals surface area (Å²) in [5, 5.41) is 0.879. The van der Waals surface area contributed by atoms with Crippen LogP contribution in [0.4, 0.5) is 0 Å². The molecule has 0 unspecified atom stereocenters. The van der Waals surface area contributed by atoms with Crippen molar-refractivity contribution in [2.75, 3.05) is 5.84 Å². The molecule has 0 aliphatic rings. The summed E-state index contributed by atoms with van der Waals surface area (Å²) in [7, 11) is 1.78. The predicted molar refractivity (Wildman–Crippen MR) is 70.2 cm³/mol. The topological polar surface area (TPSA) is 85.8 Å². The highest BCUT2D eigenvalue weighted by atomic mass is 16.2. The van der Waals surface area contributed by atoms with E-state index in [0.717, 1.165) is 16.5 Å². The lowest BCUT2D eigenvalue weighted by Crippen LogP contribution is -2.40. The van der Waals surface area contributed by atoms with Crippen LogP contribution in [0.25, 0.3) is 21.9 Å². The van der Waals surface area contributed by atoms with E-state index >= 15 is 0 Å². The first-order chi connectivity index (χ1) is 8.52. The molecule has 0 spiro atoms. The average molecular weight is 244 g/mol. The Kier molecular flexibility index (Phi) is 1.92. The third kappa shape index (κ3) is 1.11. The van der Waals surface area contributed by atoms with Crippen molar-refractivity contribution in [3.05, 3.63) is 44.6 Å². The van der Waals surface area contributed by atoms with Gasteiger partial charge in [-0.1, -0.05) is 12.1 Å². The number of nitrogens with zero attached hydrogens (tertiary/aromatic N) is 2. The number of rotatable bonds is 0. The van der Waals surface area contributed by atoms with Gasteiger partial charge >= 0.3 is 5.69 Å². The molecule has 0 amide bonds. The van der Waals surface area contributed by atoms with Crippen molar-refractivity contribution in [3.63, 3.8) is 0 Å². The molecule has 3 aromatic rings. The van der Waals surface area contributed by atoms with E-state index in [1.54, 1.807) is 11.6 Å². The van der Waals surface area contributed by atoms with Crippen LogP contribution < -0.4 is 17.1 Å². The van der Waals surface area contributed by atoms with Gasteiger partial charge in [-0.25, -0.2) is 4.79 Å². The molecule has 6 nitrogen and oxygen atoms in total. The van der Waals surface area contributed by atoms with Gasteiger partial charge in [-0.3, -0.25) is 4.79 Å². The Morgan fingerprint density at radius 3 is 2.72 bits per heavy atom. The molecule has 6 heteroatoms. The van der Waals surface area contributed by atoms with Crippen LogP contribution >= 0.6 is 0 Å². The predicted octanol–water partition coefficient (Wildman–Crippen LogP) is 0.204. The lowest BCUT2D eigenvalue weighted by atomic mass is 10.1. The van der Waals surface area contributed by atoms with Crippen LogP contribution in [0.5, 0.6) is 0 Å². The number of nitrogen functional groups attached to an aromatic ring is 1. The number of fused-ring (bicyclic) bond motifs is 3. The molecule has 3 rings (SSSR count). The van der Waals surface area contributed by atoms with Gasteiger partial charge in [0.15, 0.2) is 0 Å². The molecular formula is C12H12N4O2. The van der Waals surface area contributed by atoms with Crippen molar-refractivity contribution < 1.29 is 0 Å². The minimum Gasteiger partial charge on any atom is -0.338 e. The molecule has 0 aliphatic carbocycles. The van der Waals surface area contributed by atoms with E-state index in [2.05, 4.69) is 4.98 Å². The van der Waals surface area contributed by atoms with Gasteiger partial charge in [-0.05, 0) is 18.6 Å². The number of H-pyrrole nitrogens is 1. The zero-order chi connectivity index (χ0) is 13.0. The molecule has 0 fully saturated rings. The second-order valence-corrected chi connectivity index (χ2v) is 4.36. The molecule has 2 aromatic heterocycles. The Bertz CT molecular complexity index is 898. The number of aromatic amines is 1. The van der Waals surface area contributed by atoms with E-state index in [-0.39, 0.29) is 0 Å². The summed E-state index contributed by atoms with van der Waals surface area (Å²) < 4.78 is 2.34. The van der Waals surface area contributed by atoms with E-state index in [9.17, 15) is 9.59 Å². The molecule has 0 radical (unpaired) electrons. The van der Waals surface area contributed by atoms with Gasteiger partial charge < -0.3 is 15.4 Å². The van der Waals surface area contributed by atoms with Gasteiger partial charge in [0.05, 0.1) is 11.0 Å². The smallest absolute Gasteiger partial charge is 0.338 e. The number of hydrogen-bond acceptors (Lipinski definition) is 3. The SMILES string of the molecule is Cc1cccc2c1c1[nH]c(=O)n(N)c(=O)c1n2C. The number of aryl methyl sites for hydroxylation is 2. The molecule has 0 saturated carbocycles. The van der Waals surface area contributed by atoms with Gasteiger partial charge in [0.25, 0.3) is 5.56 Å². The lowest BCUT2D eigenvalue weighted by Gasteiger charge is -1.98. The second kappa shape index (κ2) is 3.25. The Morgan fingerprint density at radius 2 is 2.00 bits per heavy atom. The Morgan fingerprint density at radius 1 is 1.28 bits per heavy atom. The van der Waals surface area contributed by atoms with E-state index in [1.807, 2.05) is 25.1 Å². The van der Waals surface area contributed by atoms with Gasteiger partial charge in [0.1, 0.15) is 5.52 Å². The molecule has 18 heavy (non-hydrogen) atoms. The molecule has 1 aromatic carbocycles. The Labute approximate surface area is 101 Å². The van der Waals surface area contributed by atoms with Crippen molar-refractivity contribution in [2.24, 2.45) is 7.05 Å². The molecule has 0 saturated heterocycles. The number of aromatic nitrogens is 3. The highest BCUT2D eigenvalue weighted by Crippen LogP contribution is 2.26. The largest absolute Gasteiger partial charge is 0.347 e. The molecular weight excluding hydrogens is 232 g/mol. The average Bonchev–Trinajstić information content (AvgIpc) is 2.62. The van der Waals surface area contributed by atoms with Crippen LogP contribution in [0.15, 0.2) is 27.8 Å². The Balaban J connectivity index is 2.80. The zero-order valence-corrected chi connectivity index (χ0v) is 10.0. The molecule has 0 atom stereocenters. The number of hydrogen-bond donors (Lipinski definition) is 2. The first-order valence-electron chi connectivity index (χ1n) is 5.50. The molecule has 2 heterocycles. The quantitative estimate of drug-likeness (QED) is 0.554. The summed E-state index contributed by atoms with van der Waals surface area (Å²) in [5.74, 6) is 5.42. The normalized spacial score (nSPS) is 11.4. The maximum Gasteiger partial charge on any atom is 0.347 e. The van der Waals surface area contributed by atoms with Gasteiger partial charge in [-0.15, -0.1) is 0 Å². The van der Waals surface area contributed by atoms with Crippen molar-refractivity contribution >= 4 is 21.9 Å². The maximum atomic E-state index is 12.0. The summed E-state index contributed by atoms with van der Waals surface area (Å²) in [6.45, 7) is 1.94. The molecule has 0 bridgehead atoms. The number of benzene rings is 1. The van der Waals surface area contributed by atoms with E-state index in [1.165, 1.54) is 0 Å². The van der Waals surface area contributed by atoms with Gasteiger partial charge in [0, 0.05) is 12.4 Å². The highest BCUT2D eigenvalue weighted by Gasteiger charge is 2.15. The zero-order valence-electron chi connectivity index (χ0n) is 10.0. The van der Waals surface area contributed by atoms with Crippen molar-refractivity contribution in [3.8, 4) is 0 Å². The lowest BCUT2D eigenvalue weighted by molar-refractivity contribution is 0.842. The fourth-order valence-electron chi connectivity index (χ4n) is 2.41. The van der Waals surface area contributed by atoms with Crippen LogP contribution in [-0.2, 0) is 7.05 Å². The van der Waals surface area contributed by atoms with Crippen molar-refractivity contribution in [1.82, 2.24) is 14.2 Å². The summed E-state index contributed by atoms with van der Waals surface area (Å²) in [4.78, 5) is 26.3. The minimum absolute atomic E-state index is 0.404. The summed E-state index contributed by atoms with van der Waals surface area (Å²) in [6, 6.07) is 5.75. The van der Waals surface area contributed by atoms with Gasteiger partial charge in [-0.2, -0.15) is 4.68 Å². The fourth-order valence-corrected chi connectivity index (χ4v) is 2.41. The summed E-state index contributed by atoms with van der Waals surface area (Å²) >= 11 is 0. The maximum absolute atomic E-state index is 12.0. The third-order valence-electron chi connectivity index (χ3n) is 3.31. The molecule has 0 aliphatic heterocycles. The van der Waals surface area contributed by atoms with Crippen molar-refractivity contribution in [2.45, 2.75) is 6.92 Å². The first kappa shape index (κ1) is 10.6. The van der Waals surface area contributed by atoms with Crippen LogP contribution in [0.2, 0.25) is 0 Å². The van der Waals surface area contributed by atoms with Crippen molar-refractivity contribution in [1.29, 1.82) is 0 Å². The van der Waals surface area contributed by atoms with E-state index in [0.29, 0.717) is 15.7 Å². The minimum atomic E-state index is -0.608. The first-order valence-corrected chi connectivity index (χ1v) is 5.50. The van der Waals surface area contributed by atoms with E-state index < -0.39 is 11.2 Å². The molecule has 92 valence electrons. The number of nitrogens with two attached hydrogens (primary N) is 1. The summed E-state index contributed by atoms with van der Waals surface area (Å²) in [5.41, 5.74) is 1.74. The van der Waals surface area contributed by atoms with Crippen LogP contribution in [0, 0.1) is 6.92 Å². The number of nitrogens with one attached hydrogen (secondary N) is 1. The standard InChI is InChI=1S/C12H12N4O2/c1-6-4-3-5-7-8(6)9-10(15(7)2)11(17)16(13)12(18)14-9/h3-5H,13H2,1-2H3,(H,14,18). The monoisotopic (exact) mass is 244 g/mol. The molecule has 3 N–H and O–H groups in total. The van der Waals surface area contributed by atoms with E-state index in [4.69, 9.17) is 5.84 Å². The Hall–Kier alpha value is -2.50. The third-order valence-corrected chi connectivity index (χ3v) is 3.31. The second-order valence-electron chi connectivity index (χ2n) is 4.36. The van der Waals surface area contributed by atoms with Crippen LogP contribution in [-0.4, -0.2) is 14.2 Å². The van der Waals surface area contributed by atoms with Crippen LogP contribution in [0.1, 0.15) is 5.56 Å². The summed E-state index contributed by atoms with van der Waals surface area (Å²) in [6.07, 6.45) is 0. The fraction of sp³-hybridized carbons (Fsp3) is 0.167. The van der Waals surface area contributed by atoms with Crippen LogP contribution in [0.3, 0.4) is 0 Å². The highest BCUT2D eigenvalue weighted by molar-refractivity contribution is 6.06.